The SMILES string of the molecule is C=CC(=O)Nc1cc(F)cc(-c2nc(Nc3ccc(Cl)c(N4CCOCC4)c3)ncc2F)c1. The summed E-state index contributed by atoms with van der Waals surface area (Å²) in [6.07, 6.45) is 2.05. The Bertz CT molecular complexity index is 1200. The van der Waals surface area contributed by atoms with Gasteiger partial charge in [-0.3, -0.25) is 4.79 Å². The summed E-state index contributed by atoms with van der Waals surface area (Å²) in [6.45, 7) is 6.01. The Morgan fingerprint density at radius 1 is 1.15 bits per heavy atom. The molecule has 0 unspecified atom stereocenters. The zero-order chi connectivity index (χ0) is 23.4. The average molecular weight is 472 g/mol. The predicted molar refractivity (Wildman–Crippen MR) is 124 cm³/mol. The van der Waals surface area contributed by atoms with Crippen molar-refractivity contribution in [1.29, 1.82) is 0 Å². The molecule has 2 aromatic carbocycles. The average Bonchev–Trinajstić information content (AvgIpc) is 2.81. The number of carbonyl (C=O) groups excluding carboxylic acids is 1. The van der Waals surface area contributed by atoms with E-state index in [9.17, 15) is 13.6 Å². The predicted octanol–water partition coefficient (Wildman–Crippen LogP) is 4.78. The van der Waals surface area contributed by atoms with Crippen molar-refractivity contribution in [2.45, 2.75) is 0 Å². The number of aromatic nitrogens is 2. The molecule has 33 heavy (non-hydrogen) atoms. The minimum atomic E-state index is -0.739. The van der Waals surface area contributed by atoms with Gasteiger partial charge < -0.3 is 20.3 Å². The molecule has 0 atom stereocenters. The van der Waals surface area contributed by atoms with Crippen LogP contribution in [0.5, 0.6) is 0 Å². The highest BCUT2D eigenvalue weighted by atomic mass is 35.5. The van der Waals surface area contributed by atoms with Crippen LogP contribution in [0.1, 0.15) is 0 Å². The molecule has 3 aromatic rings. The lowest BCUT2D eigenvalue weighted by Crippen LogP contribution is -2.36. The van der Waals surface area contributed by atoms with Crippen molar-refractivity contribution < 1.29 is 18.3 Å². The molecule has 0 spiro atoms. The Morgan fingerprint density at radius 2 is 1.94 bits per heavy atom. The van der Waals surface area contributed by atoms with E-state index in [2.05, 4.69) is 32.1 Å². The molecule has 0 bridgehead atoms. The molecule has 1 fully saturated rings. The second kappa shape index (κ2) is 9.93. The molecule has 4 rings (SSSR count). The van der Waals surface area contributed by atoms with E-state index in [1.54, 1.807) is 12.1 Å². The van der Waals surface area contributed by atoms with Gasteiger partial charge in [-0.15, -0.1) is 0 Å². The highest BCUT2D eigenvalue weighted by Crippen LogP contribution is 2.31. The number of benzene rings is 2. The van der Waals surface area contributed by atoms with E-state index in [4.69, 9.17) is 16.3 Å². The lowest BCUT2D eigenvalue weighted by molar-refractivity contribution is -0.111. The number of hydrogen-bond donors (Lipinski definition) is 2. The third kappa shape index (κ3) is 5.44. The summed E-state index contributed by atoms with van der Waals surface area (Å²) in [7, 11) is 0. The standard InChI is InChI=1S/C23H20ClF2N5O2/c1-2-21(32)28-17-10-14(9-15(25)11-17)22-19(26)13-27-23(30-22)29-16-3-4-18(24)20(12-16)31-5-7-33-8-6-31/h2-4,9-13H,1,5-8H2,(H,28,32)(H,27,29,30). The fraction of sp³-hybridized carbons (Fsp3) is 0.174. The van der Waals surface area contributed by atoms with Gasteiger partial charge in [0.2, 0.25) is 11.9 Å². The summed E-state index contributed by atoms with van der Waals surface area (Å²) >= 11 is 6.37. The molecule has 170 valence electrons. The Balaban J connectivity index is 1.62. The zero-order valence-electron chi connectivity index (χ0n) is 17.4. The molecular weight excluding hydrogens is 452 g/mol. The van der Waals surface area contributed by atoms with Crippen LogP contribution in [0, 0.1) is 11.6 Å². The van der Waals surface area contributed by atoms with E-state index >= 15 is 0 Å². The van der Waals surface area contributed by atoms with Gasteiger partial charge in [-0.1, -0.05) is 18.2 Å². The Hall–Kier alpha value is -3.56. The summed E-state index contributed by atoms with van der Waals surface area (Å²) in [5.74, 6) is -1.80. The molecule has 1 saturated heterocycles. The molecule has 7 nitrogen and oxygen atoms in total. The Labute approximate surface area is 194 Å². The molecule has 1 aliphatic rings. The molecule has 2 heterocycles. The van der Waals surface area contributed by atoms with Crippen molar-refractivity contribution in [2.75, 3.05) is 41.8 Å². The minimum absolute atomic E-state index is 0.114. The van der Waals surface area contributed by atoms with Gasteiger partial charge in [0.25, 0.3) is 0 Å². The summed E-state index contributed by atoms with van der Waals surface area (Å²) in [6, 6.07) is 9.01. The lowest BCUT2D eigenvalue weighted by Gasteiger charge is -2.29. The summed E-state index contributed by atoms with van der Waals surface area (Å²) in [4.78, 5) is 21.9. The normalized spacial score (nSPS) is 13.5. The van der Waals surface area contributed by atoms with Crippen LogP contribution in [-0.4, -0.2) is 42.2 Å². The van der Waals surface area contributed by atoms with Crippen LogP contribution in [0.2, 0.25) is 5.02 Å². The minimum Gasteiger partial charge on any atom is -0.378 e. The number of ether oxygens (including phenoxy) is 1. The fourth-order valence-corrected chi connectivity index (χ4v) is 3.62. The van der Waals surface area contributed by atoms with Crippen LogP contribution in [0.25, 0.3) is 11.3 Å². The second-order valence-electron chi connectivity index (χ2n) is 7.20. The van der Waals surface area contributed by atoms with Gasteiger partial charge in [0, 0.05) is 30.0 Å². The lowest BCUT2D eigenvalue weighted by atomic mass is 10.1. The van der Waals surface area contributed by atoms with Crippen molar-refractivity contribution >= 4 is 40.5 Å². The van der Waals surface area contributed by atoms with Crippen LogP contribution >= 0.6 is 11.6 Å². The van der Waals surface area contributed by atoms with Crippen LogP contribution in [0.4, 0.5) is 31.8 Å². The quantitative estimate of drug-likeness (QED) is 0.504. The number of carbonyl (C=O) groups is 1. The van der Waals surface area contributed by atoms with Crippen molar-refractivity contribution in [3.8, 4) is 11.3 Å². The van der Waals surface area contributed by atoms with Crippen LogP contribution in [0.3, 0.4) is 0 Å². The molecule has 1 aromatic heterocycles. The molecule has 1 aliphatic heterocycles. The number of halogens is 3. The van der Waals surface area contributed by atoms with Gasteiger partial charge in [-0.25, -0.2) is 18.7 Å². The maximum Gasteiger partial charge on any atom is 0.247 e. The van der Waals surface area contributed by atoms with E-state index in [0.29, 0.717) is 37.0 Å². The Morgan fingerprint density at radius 3 is 2.70 bits per heavy atom. The Kier molecular flexibility index (Phi) is 6.81. The summed E-state index contributed by atoms with van der Waals surface area (Å²) < 4.78 is 34.0. The zero-order valence-corrected chi connectivity index (χ0v) is 18.2. The number of nitrogens with zero attached hydrogens (tertiary/aromatic N) is 3. The van der Waals surface area contributed by atoms with Gasteiger partial charge in [0.05, 0.1) is 30.1 Å². The smallest absolute Gasteiger partial charge is 0.247 e. The summed E-state index contributed by atoms with van der Waals surface area (Å²) in [5, 5.41) is 6.09. The van der Waals surface area contributed by atoms with Crippen LogP contribution in [-0.2, 0) is 9.53 Å². The fourth-order valence-electron chi connectivity index (χ4n) is 3.39. The van der Waals surface area contributed by atoms with Gasteiger partial charge in [-0.2, -0.15) is 0 Å². The molecule has 0 radical (unpaired) electrons. The van der Waals surface area contributed by atoms with Crippen LogP contribution < -0.4 is 15.5 Å². The third-order valence-electron chi connectivity index (χ3n) is 4.92. The highest BCUT2D eigenvalue weighted by Gasteiger charge is 2.16. The van der Waals surface area contributed by atoms with Crippen molar-refractivity contribution in [2.24, 2.45) is 0 Å². The highest BCUT2D eigenvalue weighted by molar-refractivity contribution is 6.33. The largest absolute Gasteiger partial charge is 0.378 e. The number of hydrogen-bond acceptors (Lipinski definition) is 6. The first-order chi connectivity index (χ1) is 15.9. The van der Waals surface area contributed by atoms with E-state index in [0.717, 1.165) is 30.1 Å². The molecule has 0 aliphatic carbocycles. The number of morpholine rings is 1. The topological polar surface area (TPSA) is 79.4 Å². The van der Waals surface area contributed by atoms with Gasteiger partial charge in [0.1, 0.15) is 11.5 Å². The van der Waals surface area contributed by atoms with Gasteiger partial charge in [-0.05, 0) is 42.5 Å². The van der Waals surface area contributed by atoms with Crippen molar-refractivity contribution in [3.05, 3.63) is 71.9 Å². The molecule has 2 N–H and O–H groups in total. The molecule has 10 heteroatoms. The molecular formula is C23H20ClF2N5O2. The van der Waals surface area contributed by atoms with E-state index in [1.165, 1.54) is 6.07 Å². The molecule has 1 amide bonds. The van der Waals surface area contributed by atoms with Gasteiger partial charge in [0.15, 0.2) is 5.82 Å². The number of rotatable bonds is 6. The van der Waals surface area contributed by atoms with Crippen LogP contribution in [0.15, 0.2) is 55.3 Å². The second-order valence-corrected chi connectivity index (χ2v) is 7.61. The number of anilines is 4. The first-order valence-electron chi connectivity index (χ1n) is 10.1. The van der Waals surface area contributed by atoms with E-state index < -0.39 is 17.5 Å². The van der Waals surface area contributed by atoms with E-state index in [-0.39, 0.29) is 22.9 Å². The first kappa shape index (κ1) is 22.6. The maximum absolute atomic E-state index is 14.5. The maximum atomic E-state index is 14.5. The number of nitrogens with one attached hydrogen (secondary N) is 2. The van der Waals surface area contributed by atoms with E-state index in [1.807, 2.05) is 6.07 Å². The molecule has 0 saturated carbocycles. The third-order valence-corrected chi connectivity index (χ3v) is 5.24. The monoisotopic (exact) mass is 471 g/mol. The first-order valence-corrected chi connectivity index (χ1v) is 10.5. The number of amides is 1. The summed E-state index contributed by atoms with van der Waals surface area (Å²) in [5.41, 5.74) is 1.65. The van der Waals surface area contributed by atoms with Crippen molar-refractivity contribution in [1.82, 2.24) is 9.97 Å². The van der Waals surface area contributed by atoms with Crippen molar-refractivity contribution in [3.63, 3.8) is 0 Å². The van der Waals surface area contributed by atoms with Gasteiger partial charge >= 0.3 is 0 Å².